The van der Waals surface area contributed by atoms with E-state index in [1.807, 2.05) is 24.3 Å². The van der Waals surface area contributed by atoms with Gasteiger partial charge in [0, 0.05) is 17.5 Å². The highest BCUT2D eigenvalue weighted by Crippen LogP contribution is 2.25. The number of hydrogen-bond donors (Lipinski definition) is 1. The predicted molar refractivity (Wildman–Crippen MR) is 76.1 cm³/mol. The van der Waals surface area contributed by atoms with Crippen LogP contribution in [0.25, 0.3) is 0 Å². The Morgan fingerprint density at radius 1 is 1.17 bits per heavy atom. The highest BCUT2D eigenvalue weighted by molar-refractivity contribution is 6.17. The van der Waals surface area contributed by atoms with Gasteiger partial charge >= 0.3 is 0 Å². The molecule has 0 saturated heterocycles. The van der Waals surface area contributed by atoms with Gasteiger partial charge in [-0.2, -0.15) is 0 Å². The molecule has 0 radical (unpaired) electrons. The lowest BCUT2D eigenvalue weighted by atomic mass is 9.88. The number of hydrogen-bond acceptors (Lipinski definition) is 1. The average molecular weight is 266 g/mol. The number of rotatable bonds is 4. The Morgan fingerprint density at radius 2 is 1.83 bits per heavy atom. The Labute approximate surface area is 114 Å². The summed E-state index contributed by atoms with van der Waals surface area (Å²) in [7, 11) is 0. The van der Waals surface area contributed by atoms with Gasteiger partial charge in [-0.3, -0.25) is 4.79 Å². The zero-order valence-electron chi connectivity index (χ0n) is 10.6. The van der Waals surface area contributed by atoms with Crippen LogP contribution in [0.15, 0.2) is 24.3 Å². The van der Waals surface area contributed by atoms with Crippen molar-refractivity contribution in [2.24, 2.45) is 5.92 Å². The summed E-state index contributed by atoms with van der Waals surface area (Å²) >= 11 is 5.69. The molecule has 0 unspecified atom stereocenters. The van der Waals surface area contributed by atoms with Crippen molar-refractivity contribution >= 4 is 23.2 Å². The van der Waals surface area contributed by atoms with E-state index in [4.69, 9.17) is 11.6 Å². The molecule has 0 aromatic heterocycles. The van der Waals surface area contributed by atoms with E-state index < -0.39 is 0 Å². The van der Waals surface area contributed by atoms with E-state index >= 15 is 0 Å². The van der Waals surface area contributed by atoms with E-state index in [2.05, 4.69) is 5.32 Å². The molecule has 0 aliphatic heterocycles. The first-order valence-corrected chi connectivity index (χ1v) is 7.29. The minimum atomic E-state index is 0.180. The Hall–Kier alpha value is -1.02. The number of anilines is 1. The van der Waals surface area contributed by atoms with Gasteiger partial charge in [-0.05, 0) is 37.0 Å². The van der Waals surface area contributed by atoms with Crippen molar-refractivity contribution in [1.82, 2.24) is 0 Å². The van der Waals surface area contributed by atoms with Crippen LogP contribution in [-0.2, 0) is 11.2 Å². The summed E-state index contributed by atoms with van der Waals surface area (Å²) in [4.78, 5) is 12.0. The van der Waals surface area contributed by atoms with Crippen molar-refractivity contribution in [1.29, 1.82) is 0 Å². The number of nitrogens with one attached hydrogen (secondary N) is 1. The predicted octanol–water partition coefficient (Wildman–Crippen LogP) is 3.99. The fourth-order valence-electron chi connectivity index (χ4n) is 2.47. The summed E-state index contributed by atoms with van der Waals surface area (Å²) in [5.41, 5.74) is 2.10. The Bertz CT molecular complexity index is 382. The molecule has 98 valence electrons. The zero-order chi connectivity index (χ0) is 12.8. The molecule has 2 rings (SSSR count). The maximum Gasteiger partial charge on any atom is 0.227 e. The number of halogens is 1. The monoisotopic (exact) mass is 265 g/mol. The summed E-state index contributed by atoms with van der Waals surface area (Å²) < 4.78 is 0. The summed E-state index contributed by atoms with van der Waals surface area (Å²) in [6, 6.07) is 7.98. The third-order valence-corrected chi connectivity index (χ3v) is 3.77. The van der Waals surface area contributed by atoms with Crippen LogP contribution in [0.5, 0.6) is 0 Å². The molecule has 0 spiro atoms. The number of alkyl halides is 1. The van der Waals surface area contributed by atoms with E-state index in [0.717, 1.165) is 24.9 Å². The second kappa shape index (κ2) is 6.79. The van der Waals surface area contributed by atoms with Crippen LogP contribution in [0.4, 0.5) is 5.69 Å². The van der Waals surface area contributed by atoms with Gasteiger partial charge in [0.15, 0.2) is 0 Å². The van der Waals surface area contributed by atoms with Crippen LogP contribution in [0.1, 0.15) is 37.7 Å². The smallest absolute Gasteiger partial charge is 0.227 e. The van der Waals surface area contributed by atoms with Crippen LogP contribution in [-0.4, -0.2) is 11.8 Å². The Balaban J connectivity index is 1.89. The third-order valence-electron chi connectivity index (χ3n) is 3.58. The van der Waals surface area contributed by atoms with E-state index in [9.17, 15) is 4.79 Å². The number of carbonyl (C=O) groups is 1. The van der Waals surface area contributed by atoms with Crippen molar-refractivity contribution in [3.05, 3.63) is 29.8 Å². The van der Waals surface area contributed by atoms with Crippen molar-refractivity contribution in [3.8, 4) is 0 Å². The SMILES string of the molecule is O=C(Nc1ccc(CCCl)cc1)C1CCCCC1. The first-order chi connectivity index (χ1) is 8.79. The number of aryl methyl sites for hydroxylation is 1. The van der Waals surface area contributed by atoms with Gasteiger partial charge in [0.05, 0.1) is 0 Å². The molecule has 3 heteroatoms. The minimum Gasteiger partial charge on any atom is -0.326 e. The highest BCUT2D eigenvalue weighted by atomic mass is 35.5. The van der Waals surface area contributed by atoms with E-state index in [-0.39, 0.29) is 11.8 Å². The molecule has 0 bridgehead atoms. The molecule has 18 heavy (non-hydrogen) atoms. The van der Waals surface area contributed by atoms with Gasteiger partial charge < -0.3 is 5.32 Å². The van der Waals surface area contributed by atoms with Crippen molar-refractivity contribution in [2.45, 2.75) is 38.5 Å². The van der Waals surface area contributed by atoms with Gasteiger partial charge in [0.2, 0.25) is 5.91 Å². The summed E-state index contributed by atoms with van der Waals surface area (Å²) in [5, 5.41) is 3.01. The zero-order valence-corrected chi connectivity index (χ0v) is 11.4. The molecule has 0 heterocycles. The van der Waals surface area contributed by atoms with Crippen LogP contribution in [0, 0.1) is 5.92 Å². The minimum absolute atomic E-state index is 0.180. The van der Waals surface area contributed by atoms with Crippen LogP contribution in [0.3, 0.4) is 0 Å². The summed E-state index contributed by atoms with van der Waals surface area (Å²) in [6.45, 7) is 0. The molecule has 1 fully saturated rings. The number of carbonyl (C=O) groups excluding carboxylic acids is 1. The normalized spacial score (nSPS) is 16.5. The first kappa shape index (κ1) is 13.4. The van der Waals surface area contributed by atoms with E-state index in [0.29, 0.717) is 5.88 Å². The maximum absolute atomic E-state index is 12.0. The van der Waals surface area contributed by atoms with Crippen LogP contribution >= 0.6 is 11.6 Å². The number of amides is 1. The fraction of sp³-hybridized carbons (Fsp3) is 0.533. The van der Waals surface area contributed by atoms with E-state index in [1.54, 1.807) is 0 Å². The lowest BCUT2D eigenvalue weighted by Crippen LogP contribution is -2.24. The molecule has 1 aromatic rings. The Kier molecular flexibility index (Phi) is 5.06. The molecular formula is C15H20ClNO. The lowest BCUT2D eigenvalue weighted by molar-refractivity contribution is -0.120. The molecule has 0 atom stereocenters. The van der Waals surface area contributed by atoms with Gasteiger partial charge in [-0.25, -0.2) is 0 Å². The van der Waals surface area contributed by atoms with Gasteiger partial charge in [-0.1, -0.05) is 31.4 Å². The first-order valence-electron chi connectivity index (χ1n) is 6.75. The second-order valence-corrected chi connectivity index (χ2v) is 5.34. The molecule has 1 aliphatic carbocycles. The Morgan fingerprint density at radius 3 is 2.44 bits per heavy atom. The molecule has 1 aliphatic rings. The van der Waals surface area contributed by atoms with Gasteiger partial charge in [-0.15, -0.1) is 11.6 Å². The fourth-order valence-corrected chi connectivity index (χ4v) is 2.69. The molecule has 2 nitrogen and oxygen atoms in total. The number of benzene rings is 1. The third kappa shape index (κ3) is 3.74. The quantitative estimate of drug-likeness (QED) is 0.820. The van der Waals surface area contributed by atoms with Gasteiger partial charge in [0.1, 0.15) is 0 Å². The average Bonchev–Trinajstić information content (AvgIpc) is 2.42. The van der Waals surface area contributed by atoms with Crippen molar-refractivity contribution in [3.63, 3.8) is 0 Å². The van der Waals surface area contributed by atoms with Gasteiger partial charge in [0.25, 0.3) is 0 Å². The standard InChI is InChI=1S/C15H20ClNO/c16-11-10-12-6-8-14(9-7-12)17-15(18)13-4-2-1-3-5-13/h6-9,13H,1-5,10-11H2,(H,17,18). The van der Waals surface area contributed by atoms with E-state index in [1.165, 1.54) is 24.8 Å². The largest absolute Gasteiger partial charge is 0.326 e. The highest BCUT2D eigenvalue weighted by Gasteiger charge is 2.20. The second-order valence-electron chi connectivity index (χ2n) is 4.96. The molecule has 1 aromatic carbocycles. The van der Waals surface area contributed by atoms with Crippen LogP contribution < -0.4 is 5.32 Å². The lowest BCUT2D eigenvalue weighted by Gasteiger charge is -2.20. The molecular weight excluding hydrogens is 246 g/mol. The topological polar surface area (TPSA) is 29.1 Å². The maximum atomic E-state index is 12.0. The molecule has 1 N–H and O–H groups in total. The van der Waals surface area contributed by atoms with Crippen LogP contribution in [0.2, 0.25) is 0 Å². The van der Waals surface area contributed by atoms with Crippen molar-refractivity contribution < 1.29 is 4.79 Å². The summed E-state index contributed by atoms with van der Waals surface area (Å²) in [6.07, 6.45) is 6.60. The molecule has 1 amide bonds. The molecule has 1 saturated carbocycles. The summed E-state index contributed by atoms with van der Waals surface area (Å²) in [5.74, 6) is 1.02. The van der Waals surface area contributed by atoms with Crippen molar-refractivity contribution in [2.75, 3.05) is 11.2 Å².